The minimum atomic E-state index is -3.48. The first-order valence-electron chi connectivity index (χ1n) is 6.06. The van der Waals surface area contributed by atoms with E-state index in [2.05, 4.69) is 4.74 Å². The van der Waals surface area contributed by atoms with E-state index in [1.807, 2.05) is 0 Å². The molecule has 0 aliphatic rings. The lowest BCUT2D eigenvalue weighted by molar-refractivity contribution is -0.172. The number of hydrogen-bond donors (Lipinski definition) is 0. The van der Waals surface area contributed by atoms with E-state index in [9.17, 15) is 18.4 Å². The molecule has 0 spiro atoms. The molecule has 0 aromatic rings. The maximum atomic E-state index is 13.2. The molecule has 0 saturated carbocycles. The number of halogens is 2. The zero-order chi connectivity index (χ0) is 14.2. The van der Waals surface area contributed by atoms with Crippen LogP contribution in [0, 0.1) is 5.92 Å². The van der Waals surface area contributed by atoms with Crippen LogP contribution in [0.1, 0.15) is 40.0 Å². The molecule has 0 rings (SSSR count). The first kappa shape index (κ1) is 16.8. The summed E-state index contributed by atoms with van der Waals surface area (Å²) in [5.41, 5.74) is 0. The van der Waals surface area contributed by atoms with E-state index in [1.54, 1.807) is 13.8 Å². The van der Waals surface area contributed by atoms with Crippen LogP contribution in [-0.2, 0) is 19.1 Å². The number of ether oxygens (including phenoxy) is 2. The van der Waals surface area contributed by atoms with Crippen LogP contribution >= 0.6 is 0 Å². The highest BCUT2D eigenvalue weighted by Crippen LogP contribution is 2.24. The van der Waals surface area contributed by atoms with Gasteiger partial charge >= 0.3 is 17.9 Å². The van der Waals surface area contributed by atoms with Gasteiger partial charge in [-0.2, -0.15) is 8.78 Å². The summed E-state index contributed by atoms with van der Waals surface area (Å²) in [5, 5.41) is 0. The molecule has 4 nitrogen and oxygen atoms in total. The van der Waals surface area contributed by atoms with Gasteiger partial charge in [-0.25, -0.2) is 4.79 Å². The minimum absolute atomic E-state index is 0.0613. The molecule has 1 atom stereocenters. The predicted octanol–water partition coefficient (Wildman–Crippen LogP) is 2.55. The van der Waals surface area contributed by atoms with Crippen LogP contribution < -0.4 is 0 Å². The molecule has 0 heterocycles. The molecule has 0 aromatic heterocycles. The van der Waals surface area contributed by atoms with Crippen molar-refractivity contribution in [3.8, 4) is 0 Å². The van der Waals surface area contributed by atoms with E-state index < -0.39 is 30.2 Å². The second-order valence-corrected chi connectivity index (χ2v) is 3.97. The Morgan fingerprint density at radius 2 is 1.72 bits per heavy atom. The number of carbonyl (C=O) groups is 2. The Morgan fingerprint density at radius 1 is 1.17 bits per heavy atom. The van der Waals surface area contributed by atoms with E-state index in [1.165, 1.54) is 6.92 Å². The molecule has 0 fully saturated rings. The highest BCUT2D eigenvalue weighted by Gasteiger charge is 2.39. The van der Waals surface area contributed by atoms with Crippen LogP contribution in [0.15, 0.2) is 0 Å². The van der Waals surface area contributed by atoms with Crippen LogP contribution in [0.25, 0.3) is 0 Å². The Labute approximate surface area is 106 Å². The van der Waals surface area contributed by atoms with Crippen molar-refractivity contribution in [2.24, 2.45) is 5.92 Å². The van der Waals surface area contributed by atoms with Crippen LogP contribution in [-0.4, -0.2) is 31.1 Å². The Hall–Kier alpha value is -1.20. The lowest BCUT2D eigenvalue weighted by Gasteiger charge is -2.15. The van der Waals surface area contributed by atoms with Gasteiger partial charge in [-0.1, -0.05) is 6.92 Å². The van der Waals surface area contributed by atoms with E-state index >= 15 is 0 Å². The molecule has 1 unspecified atom stereocenters. The van der Waals surface area contributed by atoms with Crippen LogP contribution in [0.2, 0.25) is 0 Å². The molecule has 0 aromatic carbocycles. The normalized spacial score (nSPS) is 12.9. The average Bonchev–Trinajstić information content (AvgIpc) is 2.29. The van der Waals surface area contributed by atoms with Crippen molar-refractivity contribution in [1.82, 2.24) is 0 Å². The van der Waals surface area contributed by atoms with Gasteiger partial charge in [-0.15, -0.1) is 0 Å². The van der Waals surface area contributed by atoms with Gasteiger partial charge in [-0.3, -0.25) is 4.79 Å². The maximum Gasteiger partial charge on any atom is 0.376 e. The van der Waals surface area contributed by atoms with Crippen molar-refractivity contribution in [3.05, 3.63) is 0 Å². The summed E-state index contributed by atoms with van der Waals surface area (Å²) in [4.78, 5) is 22.1. The van der Waals surface area contributed by atoms with Crippen molar-refractivity contribution in [2.45, 2.75) is 46.0 Å². The molecule has 0 N–H and O–H groups in total. The summed E-state index contributed by atoms with van der Waals surface area (Å²) in [6.07, 6.45) is -0.296. The molecule has 106 valence electrons. The smallest absolute Gasteiger partial charge is 0.376 e. The number of hydrogen-bond acceptors (Lipinski definition) is 4. The van der Waals surface area contributed by atoms with E-state index in [0.717, 1.165) is 0 Å². The number of rotatable bonds is 8. The van der Waals surface area contributed by atoms with Crippen LogP contribution in [0.5, 0.6) is 0 Å². The second kappa shape index (κ2) is 8.00. The summed E-state index contributed by atoms with van der Waals surface area (Å²) in [6, 6.07) is 0. The molecule has 0 aliphatic carbocycles. The first-order chi connectivity index (χ1) is 8.35. The van der Waals surface area contributed by atoms with Crippen molar-refractivity contribution in [3.63, 3.8) is 0 Å². The number of carbonyl (C=O) groups excluding carboxylic acids is 2. The fraction of sp³-hybridized carbons (Fsp3) is 0.833. The van der Waals surface area contributed by atoms with Gasteiger partial charge in [0.1, 0.15) is 0 Å². The van der Waals surface area contributed by atoms with E-state index in [-0.39, 0.29) is 26.1 Å². The largest absolute Gasteiger partial charge is 0.466 e. The molecule has 18 heavy (non-hydrogen) atoms. The minimum Gasteiger partial charge on any atom is -0.466 e. The van der Waals surface area contributed by atoms with Crippen LogP contribution in [0.4, 0.5) is 8.78 Å². The first-order valence-corrected chi connectivity index (χ1v) is 6.06. The topological polar surface area (TPSA) is 52.6 Å². The summed E-state index contributed by atoms with van der Waals surface area (Å²) < 4.78 is 35.5. The van der Waals surface area contributed by atoms with Crippen molar-refractivity contribution in [1.29, 1.82) is 0 Å². The fourth-order valence-corrected chi connectivity index (χ4v) is 1.37. The van der Waals surface area contributed by atoms with Gasteiger partial charge in [0.25, 0.3) is 0 Å². The summed E-state index contributed by atoms with van der Waals surface area (Å²) >= 11 is 0. The van der Waals surface area contributed by atoms with Gasteiger partial charge in [0.15, 0.2) is 0 Å². The number of esters is 2. The third-order valence-corrected chi connectivity index (χ3v) is 2.39. The van der Waals surface area contributed by atoms with Gasteiger partial charge in [0.2, 0.25) is 0 Å². The molecule has 0 amide bonds. The lowest BCUT2D eigenvalue weighted by Crippen LogP contribution is -2.31. The van der Waals surface area contributed by atoms with E-state index in [4.69, 9.17) is 4.74 Å². The lowest BCUT2D eigenvalue weighted by atomic mass is 10.0. The molecule has 0 saturated heterocycles. The van der Waals surface area contributed by atoms with E-state index in [0.29, 0.717) is 0 Å². The molecule has 0 aliphatic heterocycles. The average molecular weight is 266 g/mol. The third-order valence-electron chi connectivity index (χ3n) is 2.39. The Kier molecular flexibility index (Phi) is 7.47. The van der Waals surface area contributed by atoms with Gasteiger partial charge in [0.05, 0.1) is 19.1 Å². The Bertz CT molecular complexity index is 279. The summed E-state index contributed by atoms with van der Waals surface area (Å²) in [6.45, 7) is 4.95. The molecular weight excluding hydrogens is 246 g/mol. The third kappa shape index (κ3) is 5.93. The highest BCUT2D eigenvalue weighted by molar-refractivity contribution is 5.77. The zero-order valence-corrected chi connectivity index (χ0v) is 11.0. The predicted molar refractivity (Wildman–Crippen MR) is 61.2 cm³/mol. The van der Waals surface area contributed by atoms with Crippen molar-refractivity contribution < 1.29 is 27.8 Å². The Balaban J connectivity index is 4.02. The SMILES string of the molecule is CCOC(=O)C(C)CCCC(F)(F)C(=O)OCC. The van der Waals surface area contributed by atoms with Crippen LogP contribution in [0.3, 0.4) is 0 Å². The zero-order valence-electron chi connectivity index (χ0n) is 11.0. The molecule has 0 bridgehead atoms. The molecule has 0 radical (unpaired) electrons. The quantitative estimate of drug-likeness (QED) is 0.633. The van der Waals surface area contributed by atoms with Crippen molar-refractivity contribution in [2.75, 3.05) is 13.2 Å². The van der Waals surface area contributed by atoms with Gasteiger partial charge < -0.3 is 9.47 Å². The highest BCUT2D eigenvalue weighted by atomic mass is 19.3. The molecule has 6 heteroatoms. The standard InChI is InChI=1S/C12H20F2O4/c1-4-17-10(15)9(3)7-6-8-12(13,14)11(16)18-5-2/h9H,4-8H2,1-3H3. The van der Waals surface area contributed by atoms with Gasteiger partial charge in [-0.05, 0) is 26.7 Å². The second-order valence-electron chi connectivity index (χ2n) is 3.97. The van der Waals surface area contributed by atoms with Gasteiger partial charge in [0, 0.05) is 6.42 Å². The number of alkyl halides is 2. The van der Waals surface area contributed by atoms with Crippen molar-refractivity contribution >= 4 is 11.9 Å². The fourth-order valence-electron chi connectivity index (χ4n) is 1.37. The Morgan fingerprint density at radius 3 is 2.22 bits per heavy atom. The maximum absolute atomic E-state index is 13.2. The summed E-state index contributed by atoms with van der Waals surface area (Å²) in [7, 11) is 0. The molecular formula is C12H20F2O4. The monoisotopic (exact) mass is 266 g/mol. The summed E-state index contributed by atoms with van der Waals surface area (Å²) in [5.74, 6) is -5.83.